The second kappa shape index (κ2) is 6.08. The molecule has 1 unspecified atom stereocenters. The number of hydrogen-bond donors (Lipinski definition) is 0. The summed E-state index contributed by atoms with van der Waals surface area (Å²) in [4.78, 5) is 18.1. The summed E-state index contributed by atoms with van der Waals surface area (Å²) in [6.45, 7) is 3.67. The summed E-state index contributed by atoms with van der Waals surface area (Å²) in [6.07, 6.45) is 3.46. The normalized spacial score (nSPS) is 17.0. The van der Waals surface area contributed by atoms with Gasteiger partial charge in [-0.2, -0.15) is 5.26 Å². The van der Waals surface area contributed by atoms with Gasteiger partial charge in [0.25, 0.3) is 0 Å². The third kappa shape index (κ3) is 2.82. The number of hydrogen-bond acceptors (Lipinski definition) is 4. The molecule has 5 nitrogen and oxygen atoms in total. The molecule has 1 aliphatic heterocycles. The van der Waals surface area contributed by atoms with Crippen LogP contribution < -0.4 is 4.74 Å². The second-order valence-corrected chi connectivity index (χ2v) is 5.41. The minimum Gasteiger partial charge on any atom is -0.490 e. The molecule has 0 aliphatic carbocycles. The molecule has 0 spiro atoms. The minimum atomic E-state index is -1.01. The Bertz CT molecular complexity index is 579. The molecule has 1 aliphatic rings. The van der Waals surface area contributed by atoms with Crippen molar-refractivity contribution < 1.29 is 13.9 Å². The van der Waals surface area contributed by atoms with E-state index < -0.39 is 12.1 Å². The SMILES string of the molecule is CCC(C)(CF)C(=O)N1CCOc2c(C#N)cncc2C1. The van der Waals surface area contributed by atoms with E-state index >= 15 is 0 Å². The topological polar surface area (TPSA) is 66.2 Å². The Morgan fingerprint density at radius 1 is 1.62 bits per heavy atom. The summed E-state index contributed by atoms with van der Waals surface area (Å²) in [5.41, 5.74) is 0.0212. The fourth-order valence-corrected chi connectivity index (χ4v) is 2.26. The molecular weight excluding hydrogens is 273 g/mol. The van der Waals surface area contributed by atoms with Crippen molar-refractivity contribution in [1.29, 1.82) is 5.26 Å². The number of halogens is 1. The zero-order chi connectivity index (χ0) is 15.5. The highest BCUT2D eigenvalue weighted by atomic mass is 19.1. The Balaban J connectivity index is 2.30. The first kappa shape index (κ1) is 15.2. The lowest BCUT2D eigenvalue weighted by Gasteiger charge is -2.30. The first-order valence-electron chi connectivity index (χ1n) is 6.91. The highest BCUT2D eigenvalue weighted by Gasteiger charge is 2.36. The van der Waals surface area contributed by atoms with Gasteiger partial charge in [-0.3, -0.25) is 9.78 Å². The molecule has 1 amide bonds. The fourth-order valence-electron chi connectivity index (χ4n) is 2.26. The van der Waals surface area contributed by atoms with Gasteiger partial charge in [0.1, 0.15) is 30.7 Å². The van der Waals surface area contributed by atoms with E-state index in [0.717, 1.165) is 0 Å². The highest BCUT2D eigenvalue weighted by molar-refractivity contribution is 5.82. The van der Waals surface area contributed by atoms with Crippen molar-refractivity contribution in [2.45, 2.75) is 26.8 Å². The molecule has 0 saturated carbocycles. The molecule has 0 saturated heterocycles. The standard InChI is InChI=1S/C15H18FN3O2/c1-3-15(2,10-16)14(20)19-4-5-21-13-11(6-17)7-18-8-12(13)9-19/h7-8H,3-5,9-10H2,1-2H3. The van der Waals surface area contributed by atoms with Crippen LogP contribution in [-0.2, 0) is 11.3 Å². The van der Waals surface area contributed by atoms with Gasteiger partial charge in [-0.15, -0.1) is 0 Å². The van der Waals surface area contributed by atoms with Crippen LogP contribution in [0.3, 0.4) is 0 Å². The average molecular weight is 291 g/mol. The van der Waals surface area contributed by atoms with Crippen LogP contribution in [-0.4, -0.2) is 35.6 Å². The van der Waals surface area contributed by atoms with Crippen LogP contribution in [0.15, 0.2) is 12.4 Å². The van der Waals surface area contributed by atoms with Crippen molar-refractivity contribution in [3.63, 3.8) is 0 Å². The predicted octanol–water partition coefficient (Wildman–Crippen LogP) is 2.06. The summed E-state index contributed by atoms with van der Waals surface area (Å²) >= 11 is 0. The van der Waals surface area contributed by atoms with Gasteiger partial charge in [0.05, 0.1) is 18.5 Å². The number of ether oxygens (including phenoxy) is 1. The van der Waals surface area contributed by atoms with E-state index in [9.17, 15) is 9.18 Å². The number of nitriles is 1. The quantitative estimate of drug-likeness (QED) is 0.855. The van der Waals surface area contributed by atoms with Crippen LogP contribution in [0.1, 0.15) is 31.4 Å². The summed E-state index contributed by atoms with van der Waals surface area (Å²) in [5, 5.41) is 9.07. The molecule has 1 aromatic heterocycles. The van der Waals surface area contributed by atoms with E-state index in [1.54, 1.807) is 24.9 Å². The third-order valence-electron chi connectivity index (χ3n) is 3.94. The third-order valence-corrected chi connectivity index (χ3v) is 3.94. The maximum Gasteiger partial charge on any atom is 0.231 e. The number of rotatable bonds is 3. The first-order chi connectivity index (χ1) is 10.1. The lowest BCUT2D eigenvalue weighted by molar-refractivity contribution is -0.143. The average Bonchev–Trinajstić information content (AvgIpc) is 2.75. The Morgan fingerprint density at radius 3 is 3.00 bits per heavy atom. The number of carbonyl (C=O) groups is 1. The van der Waals surface area contributed by atoms with Gasteiger partial charge in [0, 0.05) is 18.0 Å². The van der Waals surface area contributed by atoms with Crippen LogP contribution in [0.2, 0.25) is 0 Å². The van der Waals surface area contributed by atoms with Gasteiger partial charge < -0.3 is 9.64 Å². The van der Waals surface area contributed by atoms with Gasteiger partial charge in [0.15, 0.2) is 0 Å². The number of alkyl halides is 1. The van der Waals surface area contributed by atoms with Crippen LogP contribution in [0.4, 0.5) is 4.39 Å². The van der Waals surface area contributed by atoms with Gasteiger partial charge >= 0.3 is 0 Å². The molecule has 0 N–H and O–H groups in total. The van der Waals surface area contributed by atoms with E-state index in [0.29, 0.717) is 29.8 Å². The summed E-state index contributed by atoms with van der Waals surface area (Å²) < 4.78 is 18.8. The number of aromatic nitrogens is 1. The smallest absolute Gasteiger partial charge is 0.231 e. The van der Waals surface area contributed by atoms with E-state index in [2.05, 4.69) is 4.98 Å². The monoisotopic (exact) mass is 291 g/mol. The first-order valence-corrected chi connectivity index (χ1v) is 6.91. The van der Waals surface area contributed by atoms with Crippen molar-refractivity contribution >= 4 is 5.91 Å². The predicted molar refractivity (Wildman–Crippen MR) is 74.2 cm³/mol. The number of fused-ring (bicyclic) bond motifs is 1. The Labute approximate surface area is 123 Å². The molecule has 2 heterocycles. The molecule has 2 rings (SSSR count). The molecule has 0 aromatic carbocycles. The Hall–Kier alpha value is -2.16. The molecule has 6 heteroatoms. The van der Waals surface area contributed by atoms with E-state index in [1.807, 2.05) is 6.07 Å². The molecule has 1 atom stereocenters. The van der Waals surface area contributed by atoms with Crippen molar-refractivity contribution in [1.82, 2.24) is 9.88 Å². The fraction of sp³-hybridized carbons (Fsp3) is 0.533. The Kier molecular flexibility index (Phi) is 4.41. The van der Waals surface area contributed by atoms with Gasteiger partial charge in [-0.25, -0.2) is 4.39 Å². The zero-order valence-corrected chi connectivity index (χ0v) is 12.2. The van der Waals surface area contributed by atoms with Crippen LogP contribution in [0, 0.1) is 16.7 Å². The highest BCUT2D eigenvalue weighted by Crippen LogP contribution is 2.30. The number of pyridine rings is 1. The van der Waals surface area contributed by atoms with Crippen molar-refractivity contribution in [3.8, 4) is 11.8 Å². The van der Waals surface area contributed by atoms with Crippen LogP contribution >= 0.6 is 0 Å². The minimum absolute atomic E-state index is 0.230. The molecule has 0 bridgehead atoms. The number of amides is 1. The largest absolute Gasteiger partial charge is 0.490 e. The van der Waals surface area contributed by atoms with Gasteiger partial charge in [-0.1, -0.05) is 6.92 Å². The second-order valence-electron chi connectivity index (χ2n) is 5.41. The maximum absolute atomic E-state index is 13.2. The van der Waals surface area contributed by atoms with Crippen LogP contribution in [0.5, 0.6) is 5.75 Å². The molecular formula is C15H18FN3O2. The van der Waals surface area contributed by atoms with Crippen molar-refractivity contribution in [2.75, 3.05) is 19.8 Å². The molecule has 0 radical (unpaired) electrons. The molecule has 1 aromatic rings. The number of carbonyl (C=O) groups excluding carboxylic acids is 1. The lowest BCUT2D eigenvalue weighted by Crippen LogP contribution is -2.44. The van der Waals surface area contributed by atoms with Crippen LogP contribution in [0.25, 0.3) is 0 Å². The van der Waals surface area contributed by atoms with Gasteiger partial charge in [-0.05, 0) is 13.3 Å². The molecule has 0 fully saturated rings. The lowest BCUT2D eigenvalue weighted by atomic mass is 9.87. The van der Waals surface area contributed by atoms with E-state index in [1.165, 1.54) is 6.20 Å². The number of nitrogens with zero attached hydrogens (tertiary/aromatic N) is 3. The van der Waals surface area contributed by atoms with E-state index in [4.69, 9.17) is 10.00 Å². The molecule has 21 heavy (non-hydrogen) atoms. The maximum atomic E-state index is 13.2. The zero-order valence-electron chi connectivity index (χ0n) is 12.2. The van der Waals surface area contributed by atoms with E-state index in [-0.39, 0.29) is 19.1 Å². The summed E-state index contributed by atoms with van der Waals surface area (Å²) in [5.74, 6) is 0.243. The summed E-state index contributed by atoms with van der Waals surface area (Å²) in [6, 6.07) is 2.03. The van der Waals surface area contributed by atoms with Crippen molar-refractivity contribution in [3.05, 3.63) is 23.5 Å². The summed E-state index contributed by atoms with van der Waals surface area (Å²) in [7, 11) is 0. The van der Waals surface area contributed by atoms with Crippen molar-refractivity contribution in [2.24, 2.45) is 5.41 Å². The Morgan fingerprint density at radius 2 is 2.38 bits per heavy atom. The molecule has 112 valence electrons. The van der Waals surface area contributed by atoms with Gasteiger partial charge in [0.2, 0.25) is 5.91 Å².